The van der Waals surface area contributed by atoms with Gasteiger partial charge in [-0.3, -0.25) is 0 Å². The highest BCUT2D eigenvalue weighted by Crippen LogP contribution is 2.41. The number of carbonyl (C=O) groups excluding carboxylic acids is 1. The van der Waals surface area contributed by atoms with Crippen LogP contribution in [0.15, 0.2) is 18.2 Å². The number of hydrogen-bond acceptors (Lipinski definition) is 4. The van der Waals surface area contributed by atoms with Gasteiger partial charge in [-0.25, -0.2) is 9.18 Å². The third-order valence-electron chi connectivity index (χ3n) is 3.98. The summed E-state index contributed by atoms with van der Waals surface area (Å²) in [5, 5.41) is 12.8. The van der Waals surface area contributed by atoms with Gasteiger partial charge in [-0.1, -0.05) is 0 Å². The molecule has 1 fully saturated rings. The maximum Gasteiger partial charge on any atom is 0.312 e. The summed E-state index contributed by atoms with van der Waals surface area (Å²) in [5.74, 6) is 0.0710. The first-order valence-electron chi connectivity index (χ1n) is 6.40. The molecule has 7 heteroatoms. The highest BCUT2D eigenvalue weighted by Gasteiger charge is 2.49. The van der Waals surface area contributed by atoms with Gasteiger partial charge in [0.05, 0.1) is 23.9 Å². The second kappa shape index (κ2) is 4.52. The fourth-order valence-electron chi connectivity index (χ4n) is 3.11. The maximum absolute atomic E-state index is 13.3. The normalized spacial score (nSPS) is 31.2. The van der Waals surface area contributed by atoms with E-state index in [1.54, 1.807) is 6.07 Å². The Kier molecular flexibility index (Phi) is 2.93. The van der Waals surface area contributed by atoms with E-state index in [9.17, 15) is 14.3 Å². The van der Waals surface area contributed by atoms with Crippen LogP contribution in [0.4, 0.5) is 14.9 Å². The average molecular weight is 281 g/mol. The number of likely N-dealkylation sites (N-methyl/N-ethyl adjacent to an activating group) is 1. The largest absolute Gasteiger partial charge is 0.486 e. The molecule has 0 saturated heterocycles. The number of nitrogens with zero attached hydrogens (tertiary/aromatic N) is 1. The molecule has 1 aromatic carbocycles. The van der Waals surface area contributed by atoms with Crippen LogP contribution in [0.25, 0.3) is 0 Å². The van der Waals surface area contributed by atoms with Gasteiger partial charge in [-0.15, -0.1) is 0 Å². The first kappa shape index (κ1) is 13.0. The van der Waals surface area contributed by atoms with Gasteiger partial charge in [0.1, 0.15) is 17.7 Å². The molecule has 2 aliphatic rings. The van der Waals surface area contributed by atoms with Gasteiger partial charge in [-0.05, 0) is 12.1 Å². The van der Waals surface area contributed by atoms with Gasteiger partial charge in [0, 0.05) is 19.5 Å². The molecule has 3 rings (SSSR count). The van der Waals surface area contributed by atoms with Crippen LogP contribution < -0.4 is 20.7 Å². The van der Waals surface area contributed by atoms with E-state index in [0.717, 1.165) is 0 Å². The number of ether oxygens (including phenoxy) is 1. The SMILES string of the molecule is CN1c2ccc(F)cc2O[C@@H]2C[C@@H](NC(N)=O)[C@@H](O)[C@@H]21. The molecule has 1 aliphatic carbocycles. The standard InChI is InChI=1S/C13H16FN3O3/c1-17-8-3-2-6(14)4-9(8)20-10-5-7(16-13(15)19)12(18)11(10)17/h2-4,7,10-12,18H,5H2,1H3,(H3,15,16,19)/t7-,10-,11-,12-/m1/s1. The van der Waals surface area contributed by atoms with Crippen molar-refractivity contribution in [1.82, 2.24) is 5.32 Å². The van der Waals surface area contributed by atoms with Crippen LogP contribution >= 0.6 is 0 Å². The summed E-state index contributed by atoms with van der Waals surface area (Å²) in [5.41, 5.74) is 5.81. The number of aliphatic hydroxyl groups excluding tert-OH is 1. The lowest BCUT2D eigenvalue weighted by Crippen LogP contribution is -2.52. The van der Waals surface area contributed by atoms with Crippen molar-refractivity contribution in [1.29, 1.82) is 0 Å². The molecule has 1 saturated carbocycles. The molecule has 1 heterocycles. The van der Waals surface area contributed by atoms with Crippen molar-refractivity contribution < 1.29 is 19.0 Å². The lowest BCUT2D eigenvalue weighted by atomic mass is 10.1. The number of amides is 2. The molecule has 4 N–H and O–H groups in total. The Morgan fingerprint density at radius 3 is 3.05 bits per heavy atom. The second-order valence-corrected chi connectivity index (χ2v) is 5.21. The van der Waals surface area contributed by atoms with Crippen LogP contribution in [0.5, 0.6) is 5.75 Å². The number of urea groups is 1. The van der Waals surface area contributed by atoms with Crippen molar-refractivity contribution in [3.8, 4) is 5.75 Å². The van der Waals surface area contributed by atoms with Crippen molar-refractivity contribution >= 4 is 11.7 Å². The third-order valence-corrected chi connectivity index (χ3v) is 3.98. The zero-order chi connectivity index (χ0) is 14.4. The van der Waals surface area contributed by atoms with E-state index >= 15 is 0 Å². The molecule has 0 radical (unpaired) electrons. The highest BCUT2D eigenvalue weighted by atomic mass is 19.1. The Morgan fingerprint density at radius 2 is 2.35 bits per heavy atom. The Morgan fingerprint density at radius 1 is 1.60 bits per heavy atom. The lowest BCUT2D eigenvalue weighted by Gasteiger charge is -2.39. The number of primary amides is 1. The first-order chi connectivity index (χ1) is 9.47. The van der Waals surface area contributed by atoms with Gasteiger partial charge in [0.25, 0.3) is 0 Å². The molecule has 1 aromatic rings. The molecular formula is C13H16FN3O3. The molecule has 20 heavy (non-hydrogen) atoms. The molecule has 0 aromatic heterocycles. The van der Waals surface area contributed by atoms with Crippen LogP contribution in [-0.4, -0.2) is 42.5 Å². The summed E-state index contributed by atoms with van der Waals surface area (Å²) in [6, 6.07) is 2.83. The topological polar surface area (TPSA) is 87.8 Å². The molecular weight excluding hydrogens is 265 g/mol. The predicted molar refractivity (Wildman–Crippen MR) is 70.1 cm³/mol. The molecule has 4 atom stereocenters. The van der Waals surface area contributed by atoms with Gasteiger partial charge in [0.2, 0.25) is 0 Å². The zero-order valence-electron chi connectivity index (χ0n) is 10.9. The molecule has 0 bridgehead atoms. The van der Waals surface area contributed by atoms with Crippen molar-refractivity contribution in [2.45, 2.75) is 30.7 Å². The average Bonchev–Trinajstić information content (AvgIpc) is 2.65. The fourth-order valence-corrected chi connectivity index (χ4v) is 3.11. The minimum Gasteiger partial charge on any atom is -0.486 e. The van der Waals surface area contributed by atoms with E-state index < -0.39 is 18.2 Å². The fraction of sp³-hybridized carbons (Fsp3) is 0.462. The van der Waals surface area contributed by atoms with Crippen LogP contribution in [0.3, 0.4) is 0 Å². The van der Waals surface area contributed by atoms with Crippen molar-refractivity contribution in [2.24, 2.45) is 5.73 Å². The predicted octanol–water partition coefficient (Wildman–Crippen LogP) is 0.193. The summed E-state index contributed by atoms with van der Waals surface area (Å²) in [6.45, 7) is 0. The number of fused-ring (bicyclic) bond motifs is 2. The van der Waals surface area contributed by atoms with E-state index in [2.05, 4.69) is 5.32 Å². The summed E-state index contributed by atoms with van der Waals surface area (Å²) in [4.78, 5) is 12.8. The van der Waals surface area contributed by atoms with Crippen LogP contribution in [0.1, 0.15) is 6.42 Å². The molecule has 1 aliphatic heterocycles. The number of aliphatic hydroxyl groups is 1. The summed E-state index contributed by atoms with van der Waals surface area (Å²) in [7, 11) is 1.81. The first-order valence-corrected chi connectivity index (χ1v) is 6.40. The number of hydrogen-bond donors (Lipinski definition) is 3. The van der Waals surface area contributed by atoms with Crippen LogP contribution in [-0.2, 0) is 0 Å². The minimum absolute atomic E-state index is 0.301. The Bertz CT molecular complexity index is 554. The van der Waals surface area contributed by atoms with Crippen molar-refractivity contribution in [3.63, 3.8) is 0 Å². The number of carbonyl (C=O) groups is 1. The Labute approximate surface area is 115 Å². The van der Waals surface area contributed by atoms with E-state index in [0.29, 0.717) is 17.9 Å². The second-order valence-electron chi connectivity index (χ2n) is 5.21. The van der Waals surface area contributed by atoms with Gasteiger partial charge < -0.3 is 25.8 Å². The molecule has 0 spiro atoms. The van der Waals surface area contributed by atoms with Crippen LogP contribution in [0.2, 0.25) is 0 Å². The van der Waals surface area contributed by atoms with Gasteiger partial charge in [0.15, 0.2) is 0 Å². The summed E-state index contributed by atoms with van der Waals surface area (Å²) in [6.07, 6.45) is -0.688. The molecule has 108 valence electrons. The number of nitrogens with one attached hydrogen (secondary N) is 1. The Hall–Kier alpha value is -2.02. The smallest absolute Gasteiger partial charge is 0.312 e. The molecule has 6 nitrogen and oxygen atoms in total. The monoisotopic (exact) mass is 281 g/mol. The molecule has 2 amide bonds. The van der Waals surface area contributed by atoms with Crippen molar-refractivity contribution in [3.05, 3.63) is 24.0 Å². The van der Waals surface area contributed by atoms with E-state index in [-0.39, 0.29) is 18.0 Å². The zero-order valence-corrected chi connectivity index (χ0v) is 10.9. The van der Waals surface area contributed by atoms with E-state index in [1.807, 2.05) is 11.9 Å². The third kappa shape index (κ3) is 1.94. The van der Waals surface area contributed by atoms with Gasteiger partial charge in [-0.2, -0.15) is 0 Å². The Balaban J connectivity index is 1.89. The van der Waals surface area contributed by atoms with Crippen molar-refractivity contribution in [2.75, 3.05) is 11.9 Å². The summed E-state index contributed by atoms with van der Waals surface area (Å²) < 4.78 is 19.0. The minimum atomic E-state index is -0.796. The van der Waals surface area contributed by atoms with Crippen LogP contribution in [0, 0.1) is 5.82 Å². The lowest BCUT2D eigenvalue weighted by molar-refractivity contribution is 0.102. The van der Waals surface area contributed by atoms with E-state index in [4.69, 9.17) is 10.5 Å². The molecule has 0 unspecified atom stereocenters. The number of rotatable bonds is 1. The number of anilines is 1. The number of halogens is 1. The quantitative estimate of drug-likeness (QED) is 0.686. The number of nitrogens with two attached hydrogens (primary N) is 1. The van der Waals surface area contributed by atoms with E-state index in [1.165, 1.54) is 12.1 Å². The maximum atomic E-state index is 13.3. The van der Waals surface area contributed by atoms with Gasteiger partial charge >= 0.3 is 6.03 Å². The summed E-state index contributed by atoms with van der Waals surface area (Å²) >= 11 is 0. The number of benzene rings is 1. The highest BCUT2D eigenvalue weighted by molar-refractivity contribution is 5.72.